The summed E-state index contributed by atoms with van der Waals surface area (Å²) in [7, 11) is 0. The van der Waals surface area contributed by atoms with Crippen molar-refractivity contribution in [3.63, 3.8) is 0 Å². The van der Waals surface area contributed by atoms with Crippen molar-refractivity contribution >= 4 is 22.9 Å². The van der Waals surface area contributed by atoms with E-state index < -0.39 is 0 Å². The molecule has 98 valence electrons. The third kappa shape index (κ3) is 2.51. The fourth-order valence-electron chi connectivity index (χ4n) is 1.84. The van der Waals surface area contributed by atoms with Gasteiger partial charge in [0.2, 0.25) is 5.95 Å². The van der Waals surface area contributed by atoms with Crippen LogP contribution < -0.4 is 11.1 Å². The minimum absolute atomic E-state index is 0.121. The summed E-state index contributed by atoms with van der Waals surface area (Å²) in [6, 6.07) is 0.121. The van der Waals surface area contributed by atoms with E-state index in [9.17, 15) is 0 Å². The Bertz CT molecular complexity index is 523. The minimum atomic E-state index is 0.121. The number of nitrogens with two attached hydrogens (primary N) is 1. The molecule has 2 aromatic heterocycles. The van der Waals surface area contributed by atoms with E-state index in [0.29, 0.717) is 23.8 Å². The zero-order valence-electron chi connectivity index (χ0n) is 10.5. The number of nitrogens with one attached hydrogen (secondary N) is 2. The monoisotopic (exact) mass is 250 g/mol. The largest absolute Gasteiger partial charge is 0.396 e. The SMILES string of the molecule is CC(C)C(CCO)Nc1nc(N)nc2nc[nH]c12. The van der Waals surface area contributed by atoms with Crippen molar-refractivity contribution in [3.8, 4) is 0 Å². The molecule has 1 atom stereocenters. The molecule has 7 heteroatoms. The highest BCUT2D eigenvalue weighted by Crippen LogP contribution is 2.20. The normalized spacial score (nSPS) is 13.1. The first kappa shape index (κ1) is 12.6. The van der Waals surface area contributed by atoms with Crippen LogP contribution in [0.5, 0.6) is 0 Å². The number of rotatable bonds is 5. The van der Waals surface area contributed by atoms with Crippen molar-refractivity contribution in [1.29, 1.82) is 0 Å². The van der Waals surface area contributed by atoms with Crippen LogP contribution in [0, 0.1) is 5.92 Å². The van der Waals surface area contributed by atoms with Gasteiger partial charge in [0, 0.05) is 12.6 Å². The summed E-state index contributed by atoms with van der Waals surface area (Å²) in [4.78, 5) is 15.3. The fourth-order valence-corrected chi connectivity index (χ4v) is 1.84. The van der Waals surface area contributed by atoms with Gasteiger partial charge in [0.15, 0.2) is 11.5 Å². The number of anilines is 2. The number of nitrogen functional groups attached to an aromatic ring is 1. The molecule has 0 amide bonds. The summed E-state index contributed by atoms with van der Waals surface area (Å²) >= 11 is 0. The molecule has 0 bridgehead atoms. The summed E-state index contributed by atoms with van der Waals surface area (Å²) in [5, 5.41) is 12.4. The molecule has 18 heavy (non-hydrogen) atoms. The van der Waals surface area contributed by atoms with Crippen molar-refractivity contribution in [3.05, 3.63) is 6.33 Å². The summed E-state index contributed by atoms with van der Waals surface area (Å²) < 4.78 is 0. The van der Waals surface area contributed by atoms with Crippen molar-refractivity contribution in [2.75, 3.05) is 17.7 Å². The molecular weight excluding hydrogens is 232 g/mol. The highest BCUT2D eigenvalue weighted by Gasteiger charge is 2.16. The molecule has 7 nitrogen and oxygen atoms in total. The van der Waals surface area contributed by atoms with Crippen molar-refractivity contribution < 1.29 is 5.11 Å². The Kier molecular flexibility index (Phi) is 3.61. The molecule has 5 N–H and O–H groups in total. The van der Waals surface area contributed by atoms with E-state index in [-0.39, 0.29) is 18.6 Å². The predicted molar refractivity (Wildman–Crippen MR) is 70.0 cm³/mol. The molecule has 0 radical (unpaired) electrons. The highest BCUT2D eigenvalue weighted by atomic mass is 16.3. The molecule has 0 aromatic carbocycles. The molecule has 2 rings (SSSR count). The maximum Gasteiger partial charge on any atom is 0.224 e. The number of H-pyrrole nitrogens is 1. The van der Waals surface area contributed by atoms with Crippen molar-refractivity contribution in [2.24, 2.45) is 5.92 Å². The van der Waals surface area contributed by atoms with Crippen LogP contribution >= 0.6 is 0 Å². The molecule has 0 spiro atoms. The van der Waals surface area contributed by atoms with Crippen molar-refractivity contribution in [1.82, 2.24) is 19.9 Å². The summed E-state index contributed by atoms with van der Waals surface area (Å²) in [5.41, 5.74) is 6.91. The van der Waals surface area contributed by atoms with Gasteiger partial charge in [-0.2, -0.15) is 9.97 Å². The first-order chi connectivity index (χ1) is 8.61. The van der Waals surface area contributed by atoms with Crippen LogP contribution in [0.2, 0.25) is 0 Å². The molecular formula is C11H18N6O. The second kappa shape index (κ2) is 5.18. The van der Waals surface area contributed by atoms with E-state index in [1.165, 1.54) is 0 Å². The van der Waals surface area contributed by atoms with E-state index in [4.69, 9.17) is 10.8 Å². The van der Waals surface area contributed by atoms with Gasteiger partial charge in [0.25, 0.3) is 0 Å². The van der Waals surface area contributed by atoms with Crippen LogP contribution in [-0.4, -0.2) is 37.7 Å². The fraction of sp³-hybridized carbons (Fsp3) is 0.545. The van der Waals surface area contributed by atoms with E-state index in [1.807, 2.05) is 0 Å². The maximum absolute atomic E-state index is 9.07. The molecule has 0 aliphatic heterocycles. The van der Waals surface area contributed by atoms with Crippen LogP contribution in [0.4, 0.5) is 11.8 Å². The van der Waals surface area contributed by atoms with E-state index in [0.717, 1.165) is 5.52 Å². The Labute approximate surface area is 105 Å². The summed E-state index contributed by atoms with van der Waals surface area (Å²) in [6.07, 6.45) is 2.21. The van der Waals surface area contributed by atoms with Crippen LogP contribution in [0.25, 0.3) is 11.2 Å². The molecule has 0 aliphatic carbocycles. The van der Waals surface area contributed by atoms with Crippen LogP contribution in [-0.2, 0) is 0 Å². The first-order valence-electron chi connectivity index (χ1n) is 5.95. The number of hydrogen-bond donors (Lipinski definition) is 4. The second-order valence-corrected chi connectivity index (χ2v) is 4.54. The van der Waals surface area contributed by atoms with E-state index in [1.54, 1.807) is 6.33 Å². The number of nitrogens with zero attached hydrogens (tertiary/aromatic N) is 3. The smallest absolute Gasteiger partial charge is 0.224 e. The number of hydrogen-bond acceptors (Lipinski definition) is 6. The van der Waals surface area contributed by atoms with Gasteiger partial charge in [-0.05, 0) is 12.3 Å². The number of aliphatic hydroxyl groups is 1. The van der Waals surface area contributed by atoms with Gasteiger partial charge in [-0.1, -0.05) is 13.8 Å². The lowest BCUT2D eigenvalue weighted by Crippen LogP contribution is -2.27. The van der Waals surface area contributed by atoms with E-state index in [2.05, 4.69) is 39.1 Å². The Morgan fingerprint density at radius 3 is 2.89 bits per heavy atom. The standard InChI is InChI=1S/C11H18N6O/c1-6(2)7(3-4-18)15-10-8-9(14-5-13-8)16-11(12)17-10/h5-7,18H,3-4H2,1-2H3,(H4,12,13,14,15,16,17). The van der Waals surface area contributed by atoms with E-state index >= 15 is 0 Å². The average molecular weight is 250 g/mol. The molecule has 0 aliphatic rings. The van der Waals surface area contributed by atoms with Crippen LogP contribution in [0.3, 0.4) is 0 Å². The Morgan fingerprint density at radius 1 is 1.44 bits per heavy atom. The first-order valence-corrected chi connectivity index (χ1v) is 5.95. The lowest BCUT2D eigenvalue weighted by Gasteiger charge is -2.22. The predicted octanol–water partition coefficient (Wildman–Crippen LogP) is 0.754. The van der Waals surface area contributed by atoms with Crippen LogP contribution in [0.15, 0.2) is 6.33 Å². The van der Waals surface area contributed by atoms with Gasteiger partial charge >= 0.3 is 0 Å². The summed E-state index contributed by atoms with van der Waals surface area (Å²) in [6.45, 7) is 4.30. The van der Waals surface area contributed by atoms with Gasteiger partial charge in [0.1, 0.15) is 5.52 Å². The van der Waals surface area contributed by atoms with Gasteiger partial charge in [-0.25, -0.2) is 4.98 Å². The number of aliphatic hydroxyl groups excluding tert-OH is 1. The zero-order valence-corrected chi connectivity index (χ0v) is 10.5. The Hall–Kier alpha value is -1.89. The average Bonchev–Trinajstić information content (AvgIpc) is 2.76. The molecule has 0 saturated carbocycles. The van der Waals surface area contributed by atoms with Gasteiger partial charge in [0.05, 0.1) is 6.33 Å². The van der Waals surface area contributed by atoms with Gasteiger partial charge in [-0.3, -0.25) is 0 Å². The molecule has 0 fully saturated rings. The lowest BCUT2D eigenvalue weighted by atomic mass is 10.0. The maximum atomic E-state index is 9.07. The highest BCUT2D eigenvalue weighted by molar-refractivity contribution is 5.83. The van der Waals surface area contributed by atoms with Gasteiger partial charge < -0.3 is 21.1 Å². The third-order valence-corrected chi connectivity index (χ3v) is 2.87. The Morgan fingerprint density at radius 2 is 2.22 bits per heavy atom. The van der Waals surface area contributed by atoms with Crippen LogP contribution in [0.1, 0.15) is 20.3 Å². The summed E-state index contributed by atoms with van der Waals surface area (Å²) in [5.74, 6) is 1.18. The zero-order chi connectivity index (χ0) is 13.1. The van der Waals surface area contributed by atoms with Crippen molar-refractivity contribution in [2.45, 2.75) is 26.3 Å². The number of aromatic nitrogens is 4. The number of imidazole rings is 1. The number of fused-ring (bicyclic) bond motifs is 1. The quantitative estimate of drug-likeness (QED) is 0.623. The third-order valence-electron chi connectivity index (χ3n) is 2.87. The topological polar surface area (TPSA) is 113 Å². The second-order valence-electron chi connectivity index (χ2n) is 4.54. The molecule has 2 heterocycles. The molecule has 0 saturated heterocycles. The Balaban J connectivity index is 2.32. The lowest BCUT2D eigenvalue weighted by molar-refractivity contribution is 0.267. The van der Waals surface area contributed by atoms with Gasteiger partial charge in [-0.15, -0.1) is 0 Å². The molecule has 2 aromatic rings. The number of aromatic amines is 1. The minimum Gasteiger partial charge on any atom is -0.396 e. The molecule has 1 unspecified atom stereocenters.